The Morgan fingerprint density at radius 2 is 1.74 bits per heavy atom. The Bertz CT molecular complexity index is 321. The average molecular weight is 275 g/mol. The number of amides is 1. The van der Waals surface area contributed by atoms with E-state index >= 15 is 0 Å². The highest BCUT2D eigenvalue weighted by Crippen LogP contribution is 2.02. The molecule has 0 aromatic rings. The molecule has 0 heterocycles. The normalized spacial score (nSPS) is 13.6. The first kappa shape index (κ1) is 17.3. The van der Waals surface area contributed by atoms with Gasteiger partial charge in [0.1, 0.15) is 6.04 Å². The first-order valence-corrected chi connectivity index (χ1v) is 6.09. The molecule has 0 aliphatic rings. The van der Waals surface area contributed by atoms with Crippen molar-refractivity contribution in [3.05, 3.63) is 0 Å². The first-order valence-electron chi connectivity index (χ1n) is 6.09. The number of carboxylic acid groups (broad SMARTS) is 2. The molecule has 2 atom stereocenters. The Hall–Kier alpha value is -1.67. The number of unbranched alkanes of at least 4 members (excludes halogenated alkanes) is 1. The minimum Gasteiger partial charge on any atom is -0.481 e. The molecule has 8 nitrogen and oxygen atoms in total. The zero-order valence-corrected chi connectivity index (χ0v) is 10.7. The van der Waals surface area contributed by atoms with Crippen molar-refractivity contribution < 1.29 is 24.6 Å². The SMILES string of the molecule is NCCCC[C@@H](N)C(=O)N[C@@H](CCC(=O)O)C(=O)O. The van der Waals surface area contributed by atoms with Crippen LogP contribution in [0.25, 0.3) is 0 Å². The van der Waals surface area contributed by atoms with Crippen LogP contribution in [-0.2, 0) is 14.4 Å². The van der Waals surface area contributed by atoms with Gasteiger partial charge in [-0.2, -0.15) is 0 Å². The van der Waals surface area contributed by atoms with Crippen LogP contribution >= 0.6 is 0 Å². The molecular weight excluding hydrogens is 254 g/mol. The monoisotopic (exact) mass is 275 g/mol. The molecule has 0 spiro atoms. The lowest BCUT2D eigenvalue weighted by atomic mass is 10.1. The van der Waals surface area contributed by atoms with Crippen molar-refractivity contribution in [2.75, 3.05) is 6.54 Å². The van der Waals surface area contributed by atoms with Crippen LogP contribution in [0.2, 0.25) is 0 Å². The number of carbonyl (C=O) groups excluding carboxylic acids is 1. The number of aliphatic carboxylic acids is 2. The fourth-order valence-corrected chi connectivity index (χ4v) is 1.44. The summed E-state index contributed by atoms with van der Waals surface area (Å²) in [6.45, 7) is 0.505. The third-order valence-corrected chi connectivity index (χ3v) is 2.57. The number of hydrogen-bond donors (Lipinski definition) is 5. The highest BCUT2D eigenvalue weighted by atomic mass is 16.4. The smallest absolute Gasteiger partial charge is 0.326 e. The van der Waals surface area contributed by atoms with Gasteiger partial charge in [-0.25, -0.2) is 4.79 Å². The van der Waals surface area contributed by atoms with Gasteiger partial charge in [0.2, 0.25) is 5.91 Å². The fourth-order valence-electron chi connectivity index (χ4n) is 1.44. The molecule has 0 fully saturated rings. The van der Waals surface area contributed by atoms with Crippen LogP contribution in [0.3, 0.4) is 0 Å². The molecule has 110 valence electrons. The van der Waals surface area contributed by atoms with Crippen LogP contribution in [0.15, 0.2) is 0 Å². The maximum Gasteiger partial charge on any atom is 0.326 e. The molecule has 19 heavy (non-hydrogen) atoms. The van der Waals surface area contributed by atoms with Crippen LogP contribution in [0, 0.1) is 0 Å². The van der Waals surface area contributed by atoms with E-state index in [2.05, 4.69) is 5.32 Å². The molecule has 0 bridgehead atoms. The number of carboxylic acids is 2. The van der Waals surface area contributed by atoms with Crippen molar-refractivity contribution >= 4 is 17.8 Å². The maximum atomic E-state index is 11.6. The number of carbonyl (C=O) groups is 3. The van der Waals surface area contributed by atoms with Crippen LogP contribution in [0.1, 0.15) is 32.1 Å². The molecule has 0 radical (unpaired) electrons. The Labute approximate surface area is 111 Å². The fraction of sp³-hybridized carbons (Fsp3) is 0.727. The Morgan fingerprint density at radius 3 is 2.21 bits per heavy atom. The van der Waals surface area contributed by atoms with Gasteiger partial charge in [-0.05, 0) is 25.8 Å². The summed E-state index contributed by atoms with van der Waals surface area (Å²) in [5.41, 5.74) is 10.9. The van der Waals surface area contributed by atoms with Crippen molar-refractivity contribution in [1.82, 2.24) is 5.32 Å². The summed E-state index contributed by atoms with van der Waals surface area (Å²) in [4.78, 5) is 32.9. The topological polar surface area (TPSA) is 156 Å². The second-order valence-electron chi connectivity index (χ2n) is 4.22. The predicted molar refractivity (Wildman–Crippen MR) is 67.3 cm³/mol. The largest absolute Gasteiger partial charge is 0.481 e. The lowest BCUT2D eigenvalue weighted by Gasteiger charge is -2.17. The van der Waals surface area contributed by atoms with Crippen molar-refractivity contribution in [2.45, 2.75) is 44.2 Å². The van der Waals surface area contributed by atoms with Gasteiger partial charge in [-0.15, -0.1) is 0 Å². The molecule has 0 rings (SSSR count). The average Bonchev–Trinajstić information content (AvgIpc) is 2.33. The van der Waals surface area contributed by atoms with Gasteiger partial charge in [0.05, 0.1) is 6.04 Å². The van der Waals surface area contributed by atoms with E-state index < -0.39 is 29.9 Å². The van der Waals surface area contributed by atoms with E-state index in [0.29, 0.717) is 19.4 Å². The van der Waals surface area contributed by atoms with Crippen LogP contribution in [0.5, 0.6) is 0 Å². The molecule has 0 unspecified atom stereocenters. The van der Waals surface area contributed by atoms with Gasteiger partial charge in [0.15, 0.2) is 0 Å². The summed E-state index contributed by atoms with van der Waals surface area (Å²) < 4.78 is 0. The Balaban J connectivity index is 4.22. The summed E-state index contributed by atoms with van der Waals surface area (Å²) in [5.74, 6) is -2.98. The van der Waals surface area contributed by atoms with Crippen molar-refractivity contribution in [3.63, 3.8) is 0 Å². The van der Waals surface area contributed by atoms with Crippen LogP contribution in [-0.4, -0.2) is 46.7 Å². The van der Waals surface area contributed by atoms with Gasteiger partial charge in [-0.1, -0.05) is 6.42 Å². The van der Waals surface area contributed by atoms with Gasteiger partial charge in [0.25, 0.3) is 0 Å². The number of nitrogens with one attached hydrogen (secondary N) is 1. The molecule has 1 amide bonds. The zero-order valence-electron chi connectivity index (χ0n) is 10.7. The van der Waals surface area contributed by atoms with Gasteiger partial charge < -0.3 is 27.0 Å². The van der Waals surface area contributed by atoms with E-state index in [1.165, 1.54) is 0 Å². The number of hydrogen-bond acceptors (Lipinski definition) is 5. The van der Waals surface area contributed by atoms with E-state index in [0.717, 1.165) is 6.42 Å². The van der Waals surface area contributed by atoms with Gasteiger partial charge >= 0.3 is 11.9 Å². The molecule has 8 heteroatoms. The van der Waals surface area contributed by atoms with E-state index in [1.807, 2.05) is 0 Å². The van der Waals surface area contributed by atoms with Gasteiger partial charge in [0, 0.05) is 6.42 Å². The summed E-state index contributed by atoms with van der Waals surface area (Å²) in [7, 11) is 0. The third kappa shape index (κ3) is 8.11. The van der Waals surface area contributed by atoms with E-state index in [-0.39, 0.29) is 12.8 Å². The standard InChI is InChI=1S/C11H21N3O5/c12-6-2-1-3-7(13)10(17)14-8(11(18)19)4-5-9(15)16/h7-8H,1-6,12-13H2,(H,14,17)(H,15,16)(H,18,19)/t7-,8+/m1/s1. The molecule has 7 N–H and O–H groups in total. The maximum absolute atomic E-state index is 11.6. The third-order valence-electron chi connectivity index (χ3n) is 2.57. The summed E-state index contributed by atoms with van der Waals surface area (Å²) in [5, 5.41) is 19.6. The summed E-state index contributed by atoms with van der Waals surface area (Å²) in [6, 6.07) is -2.04. The molecule has 0 aliphatic heterocycles. The second-order valence-corrected chi connectivity index (χ2v) is 4.22. The van der Waals surface area contributed by atoms with E-state index in [9.17, 15) is 14.4 Å². The van der Waals surface area contributed by atoms with Crippen LogP contribution < -0.4 is 16.8 Å². The molecular formula is C11H21N3O5. The minimum atomic E-state index is -1.27. The van der Waals surface area contributed by atoms with Crippen molar-refractivity contribution in [2.24, 2.45) is 11.5 Å². The zero-order chi connectivity index (χ0) is 14.8. The Morgan fingerprint density at radius 1 is 1.11 bits per heavy atom. The summed E-state index contributed by atoms with van der Waals surface area (Å²) >= 11 is 0. The second kappa shape index (κ2) is 9.29. The molecule has 0 aromatic carbocycles. The van der Waals surface area contributed by atoms with E-state index in [1.54, 1.807) is 0 Å². The minimum absolute atomic E-state index is 0.175. The molecule has 0 aliphatic carbocycles. The Kier molecular flexibility index (Phi) is 8.47. The summed E-state index contributed by atoms with van der Waals surface area (Å²) in [6.07, 6.45) is 1.32. The van der Waals surface area contributed by atoms with Crippen LogP contribution in [0.4, 0.5) is 0 Å². The molecule has 0 saturated heterocycles. The predicted octanol–water partition coefficient (Wildman–Crippen LogP) is -1.12. The van der Waals surface area contributed by atoms with Gasteiger partial charge in [-0.3, -0.25) is 9.59 Å². The molecule has 0 saturated carbocycles. The highest BCUT2D eigenvalue weighted by molar-refractivity contribution is 5.87. The first-order chi connectivity index (χ1) is 8.88. The molecule has 0 aromatic heterocycles. The number of nitrogens with two attached hydrogens (primary N) is 2. The lowest BCUT2D eigenvalue weighted by molar-refractivity contribution is -0.143. The van der Waals surface area contributed by atoms with Crippen molar-refractivity contribution in [3.8, 4) is 0 Å². The van der Waals surface area contributed by atoms with Crippen molar-refractivity contribution in [1.29, 1.82) is 0 Å². The van der Waals surface area contributed by atoms with E-state index in [4.69, 9.17) is 21.7 Å². The highest BCUT2D eigenvalue weighted by Gasteiger charge is 2.23. The lowest BCUT2D eigenvalue weighted by Crippen LogP contribution is -2.48. The quantitative estimate of drug-likeness (QED) is 0.316. The number of rotatable bonds is 10.